The third kappa shape index (κ3) is 3.75. The van der Waals surface area contributed by atoms with Gasteiger partial charge in [0.25, 0.3) is 0 Å². The van der Waals surface area contributed by atoms with E-state index in [0.29, 0.717) is 13.2 Å². The van der Waals surface area contributed by atoms with Crippen molar-refractivity contribution in [1.82, 2.24) is 0 Å². The number of benzene rings is 1. The van der Waals surface area contributed by atoms with Crippen molar-refractivity contribution in [2.24, 2.45) is 34.0 Å². The van der Waals surface area contributed by atoms with Gasteiger partial charge in [0.1, 0.15) is 0 Å². The lowest BCUT2D eigenvalue weighted by atomic mass is 9.36. The number of ether oxygens (including phenoxy) is 1. The second-order valence-corrected chi connectivity index (χ2v) is 9.83. The molecule has 0 amide bonds. The van der Waals surface area contributed by atoms with Gasteiger partial charge >= 0.3 is 11.9 Å². The summed E-state index contributed by atoms with van der Waals surface area (Å²) in [6.07, 6.45) is 0. The van der Waals surface area contributed by atoms with E-state index in [4.69, 9.17) is 4.74 Å². The summed E-state index contributed by atoms with van der Waals surface area (Å²) in [4.78, 5) is 24.6. The van der Waals surface area contributed by atoms with Gasteiger partial charge in [-0.2, -0.15) is 0 Å². The number of carboxylic acid groups (broad SMARTS) is 2. The lowest BCUT2D eigenvalue weighted by Gasteiger charge is -2.64. The summed E-state index contributed by atoms with van der Waals surface area (Å²) in [5.41, 5.74) is -1.70. The fraction of sp³-hybridized carbons (Fsp3) is 0.636. The molecule has 0 bridgehead atoms. The van der Waals surface area contributed by atoms with E-state index in [2.05, 4.69) is 0 Å². The van der Waals surface area contributed by atoms with Crippen molar-refractivity contribution in [3.8, 4) is 0 Å². The summed E-state index contributed by atoms with van der Waals surface area (Å²) in [6, 6.07) is 9.77. The van der Waals surface area contributed by atoms with Crippen LogP contribution >= 0.6 is 0 Å². The Bertz CT molecular complexity index is 643. The monoisotopic (exact) mass is 376 g/mol. The van der Waals surface area contributed by atoms with E-state index in [0.717, 1.165) is 5.56 Å². The van der Waals surface area contributed by atoms with E-state index < -0.39 is 40.0 Å². The van der Waals surface area contributed by atoms with Crippen molar-refractivity contribution in [2.75, 3.05) is 6.61 Å². The fourth-order valence-corrected chi connectivity index (χ4v) is 5.30. The van der Waals surface area contributed by atoms with Gasteiger partial charge in [0.05, 0.1) is 13.2 Å². The van der Waals surface area contributed by atoms with Crippen LogP contribution in [-0.4, -0.2) is 28.8 Å². The molecule has 0 aromatic heterocycles. The molecule has 27 heavy (non-hydrogen) atoms. The highest BCUT2D eigenvalue weighted by Gasteiger charge is 2.75. The molecule has 0 saturated heterocycles. The van der Waals surface area contributed by atoms with Crippen molar-refractivity contribution >= 4 is 11.9 Å². The Balaban J connectivity index is 2.35. The smallest absolute Gasteiger partial charge is 0.321 e. The average Bonchev–Trinajstić information content (AvgIpc) is 2.47. The second kappa shape index (κ2) is 7.27. The van der Waals surface area contributed by atoms with Crippen LogP contribution in [0.3, 0.4) is 0 Å². The molecular weight excluding hydrogens is 344 g/mol. The second-order valence-electron chi connectivity index (χ2n) is 9.83. The van der Waals surface area contributed by atoms with E-state index >= 15 is 0 Å². The first kappa shape index (κ1) is 21.4. The Hall–Kier alpha value is -1.88. The number of rotatable bonds is 6. The van der Waals surface area contributed by atoms with Gasteiger partial charge in [0.15, 0.2) is 5.41 Å². The molecule has 2 N–H and O–H groups in total. The molecule has 1 aromatic carbocycles. The van der Waals surface area contributed by atoms with E-state index in [-0.39, 0.29) is 5.92 Å². The van der Waals surface area contributed by atoms with Crippen molar-refractivity contribution in [3.05, 3.63) is 35.9 Å². The maximum absolute atomic E-state index is 12.3. The largest absolute Gasteiger partial charge is 0.480 e. The molecule has 1 aliphatic rings. The van der Waals surface area contributed by atoms with E-state index in [1.165, 1.54) is 0 Å². The van der Waals surface area contributed by atoms with E-state index in [9.17, 15) is 19.8 Å². The minimum absolute atomic E-state index is 0.138. The van der Waals surface area contributed by atoms with E-state index in [1.807, 2.05) is 71.9 Å². The summed E-state index contributed by atoms with van der Waals surface area (Å²) in [7, 11) is 0. The van der Waals surface area contributed by atoms with Gasteiger partial charge in [0, 0.05) is 0 Å². The number of carbonyl (C=O) groups is 2. The first-order chi connectivity index (χ1) is 12.3. The number of carboxylic acids is 2. The lowest BCUT2D eigenvalue weighted by Crippen LogP contribution is -2.72. The van der Waals surface area contributed by atoms with Crippen molar-refractivity contribution in [3.63, 3.8) is 0 Å². The molecule has 0 heterocycles. The molecule has 1 saturated carbocycles. The van der Waals surface area contributed by atoms with Crippen LogP contribution in [-0.2, 0) is 20.9 Å². The van der Waals surface area contributed by atoms with Gasteiger partial charge in [-0.3, -0.25) is 9.59 Å². The van der Waals surface area contributed by atoms with Crippen molar-refractivity contribution in [1.29, 1.82) is 0 Å². The molecule has 2 unspecified atom stereocenters. The number of hydrogen-bond acceptors (Lipinski definition) is 3. The van der Waals surface area contributed by atoms with Crippen LogP contribution in [0.1, 0.15) is 47.1 Å². The van der Waals surface area contributed by atoms with Crippen LogP contribution in [0.2, 0.25) is 0 Å². The molecule has 1 aromatic rings. The van der Waals surface area contributed by atoms with Crippen LogP contribution in [0.5, 0.6) is 0 Å². The Morgan fingerprint density at radius 3 is 1.74 bits per heavy atom. The molecule has 0 radical (unpaired) electrons. The highest BCUT2D eigenvalue weighted by atomic mass is 16.5. The van der Waals surface area contributed by atoms with Gasteiger partial charge < -0.3 is 14.9 Å². The average molecular weight is 376 g/mol. The molecule has 2 atom stereocenters. The van der Waals surface area contributed by atoms with Crippen molar-refractivity contribution in [2.45, 2.75) is 48.1 Å². The molecule has 0 aliphatic heterocycles. The highest BCUT2D eigenvalue weighted by Crippen LogP contribution is 2.67. The predicted molar refractivity (Wildman–Crippen MR) is 103 cm³/mol. The molecule has 1 fully saturated rings. The minimum atomic E-state index is -1.79. The van der Waals surface area contributed by atoms with E-state index in [1.54, 1.807) is 0 Å². The predicted octanol–water partition coefficient (Wildman–Crippen LogP) is 4.31. The number of aliphatic carboxylic acids is 2. The summed E-state index contributed by atoms with van der Waals surface area (Å²) >= 11 is 0. The molecule has 0 spiro atoms. The van der Waals surface area contributed by atoms with Crippen LogP contribution < -0.4 is 0 Å². The van der Waals surface area contributed by atoms with Gasteiger partial charge in [-0.05, 0) is 34.1 Å². The summed E-state index contributed by atoms with van der Waals surface area (Å²) in [5, 5.41) is 20.0. The highest BCUT2D eigenvalue weighted by molar-refractivity contribution is 6.00. The van der Waals surface area contributed by atoms with Crippen LogP contribution in [0, 0.1) is 34.0 Å². The summed E-state index contributed by atoms with van der Waals surface area (Å²) in [5.74, 6) is -3.65. The Morgan fingerprint density at radius 2 is 1.37 bits per heavy atom. The Kier molecular flexibility index (Phi) is 5.77. The van der Waals surface area contributed by atoms with Crippen molar-refractivity contribution < 1.29 is 24.5 Å². The van der Waals surface area contributed by atoms with Gasteiger partial charge in [0.2, 0.25) is 0 Å². The zero-order valence-corrected chi connectivity index (χ0v) is 17.2. The standard InChI is InChI=1S/C22H32O5/c1-20(2,3)16-15(13-27-12-14-10-8-7-9-11-14)17(21(4,5)6)22(16,18(23)24)19(25)26/h7-11,15-17H,12-13H2,1-6H3,(H,23,24)(H,25,26). The zero-order valence-electron chi connectivity index (χ0n) is 17.2. The SMILES string of the molecule is CC(C)(C)C1C(COCc2ccccc2)C(C(C)(C)C)C1(C(=O)O)C(=O)O. The fourth-order valence-electron chi connectivity index (χ4n) is 5.30. The Labute approximate surface area is 161 Å². The minimum Gasteiger partial charge on any atom is -0.480 e. The number of hydrogen-bond donors (Lipinski definition) is 2. The Morgan fingerprint density at radius 1 is 0.926 bits per heavy atom. The quantitative estimate of drug-likeness (QED) is 0.723. The van der Waals surface area contributed by atoms with Crippen LogP contribution in [0.15, 0.2) is 30.3 Å². The zero-order chi connectivity index (χ0) is 20.6. The summed E-state index contributed by atoms with van der Waals surface area (Å²) in [6.45, 7) is 12.3. The molecular formula is C22H32O5. The van der Waals surface area contributed by atoms with Gasteiger partial charge in [-0.1, -0.05) is 71.9 Å². The first-order valence-corrected chi connectivity index (χ1v) is 9.43. The third-order valence-electron chi connectivity index (χ3n) is 5.83. The lowest BCUT2D eigenvalue weighted by molar-refractivity contribution is -0.242. The molecule has 150 valence electrons. The van der Waals surface area contributed by atoms with Gasteiger partial charge in [-0.15, -0.1) is 0 Å². The molecule has 5 nitrogen and oxygen atoms in total. The first-order valence-electron chi connectivity index (χ1n) is 9.43. The maximum atomic E-state index is 12.3. The van der Waals surface area contributed by atoms with Crippen LogP contribution in [0.4, 0.5) is 0 Å². The third-order valence-corrected chi connectivity index (χ3v) is 5.83. The topological polar surface area (TPSA) is 83.8 Å². The molecule has 2 rings (SSSR count). The summed E-state index contributed by atoms with van der Waals surface area (Å²) < 4.78 is 5.94. The van der Waals surface area contributed by atoms with Crippen LogP contribution in [0.25, 0.3) is 0 Å². The molecule has 5 heteroatoms. The normalized spacial score (nSPS) is 24.9. The van der Waals surface area contributed by atoms with Gasteiger partial charge in [-0.25, -0.2) is 0 Å². The maximum Gasteiger partial charge on any atom is 0.321 e. The molecule has 1 aliphatic carbocycles.